The Bertz CT molecular complexity index is 2800. The third kappa shape index (κ3) is 6.42. The number of nitrogens with zero attached hydrogens (tertiary/aromatic N) is 2. The molecule has 2 nitrogen and oxygen atoms in total. The number of benzene rings is 6. The van der Waals surface area contributed by atoms with Gasteiger partial charge in [-0.1, -0.05) is 120 Å². The van der Waals surface area contributed by atoms with E-state index in [9.17, 15) is 0 Å². The molecule has 2 heterocycles. The molecule has 0 atom stereocenters. The fourth-order valence-corrected chi connectivity index (χ4v) is 8.72. The highest BCUT2D eigenvalue weighted by Gasteiger charge is 2.33. The quantitative estimate of drug-likeness (QED) is 0.126. The van der Waals surface area contributed by atoms with Gasteiger partial charge in [-0.3, -0.25) is 0 Å². The second kappa shape index (κ2) is 13.3. The Labute approximate surface area is 327 Å². The molecule has 0 amide bonds. The molecule has 274 valence electrons. The van der Waals surface area contributed by atoms with Crippen LogP contribution in [0, 0.1) is 34.6 Å². The molecule has 0 saturated carbocycles. The predicted molar refractivity (Wildman–Crippen MR) is 234 cm³/mol. The van der Waals surface area contributed by atoms with E-state index in [1.54, 1.807) is 0 Å². The summed E-state index contributed by atoms with van der Waals surface area (Å²) in [5.74, 6) is 0. The summed E-state index contributed by atoms with van der Waals surface area (Å²) in [5.41, 5.74) is 16.4. The van der Waals surface area contributed by atoms with Crippen LogP contribution in [0.15, 0.2) is 128 Å². The third-order valence-corrected chi connectivity index (χ3v) is 11.7. The molecule has 0 aliphatic heterocycles. The molecule has 0 fully saturated rings. The van der Waals surface area contributed by atoms with Gasteiger partial charge >= 0.3 is 0 Å². The Morgan fingerprint density at radius 1 is 0.382 bits per heavy atom. The van der Waals surface area contributed by atoms with Crippen LogP contribution in [-0.4, -0.2) is 0 Å². The molecule has 0 bridgehead atoms. The van der Waals surface area contributed by atoms with Gasteiger partial charge in [-0.05, 0) is 140 Å². The number of hydrogen-bond acceptors (Lipinski definition) is 0. The van der Waals surface area contributed by atoms with Crippen molar-refractivity contribution in [2.24, 2.45) is 0 Å². The molecule has 0 aliphatic rings. The maximum atomic E-state index is 2.46. The summed E-state index contributed by atoms with van der Waals surface area (Å²) in [5, 5.41) is 7.73. The van der Waals surface area contributed by atoms with E-state index in [4.69, 9.17) is 0 Å². The van der Waals surface area contributed by atoms with Gasteiger partial charge in [0, 0.05) is 24.3 Å². The van der Waals surface area contributed by atoms with Crippen molar-refractivity contribution in [1.82, 2.24) is 0 Å². The van der Waals surface area contributed by atoms with Crippen LogP contribution < -0.4 is 9.35 Å². The SMILES string of the molecule is Cc1cc(C)c(-c2cc[n+](-[n+]3ccc(C(C)(C)C)cc3-c3cc(C(C)(C)C)ccc3C)c(-c3cc4c5ccccc5c5ccccc5c4cc3C)c2)c(C)c1. The summed E-state index contributed by atoms with van der Waals surface area (Å²) in [6, 6.07) is 43.7. The van der Waals surface area contributed by atoms with E-state index >= 15 is 0 Å². The first-order valence-electron chi connectivity index (χ1n) is 19.8. The highest BCUT2D eigenvalue weighted by molar-refractivity contribution is 6.25. The zero-order valence-electron chi connectivity index (χ0n) is 34.5. The summed E-state index contributed by atoms with van der Waals surface area (Å²) in [4.78, 5) is 0. The topological polar surface area (TPSA) is 7.76 Å². The highest BCUT2D eigenvalue weighted by Crippen LogP contribution is 2.39. The van der Waals surface area contributed by atoms with Crippen molar-refractivity contribution in [3.8, 4) is 33.6 Å². The van der Waals surface area contributed by atoms with Crippen LogP contribution in [0.25, 0.3) is 66.0 Å². The van der Waals surface area contributed by atoms with E-state index < -0.39 is 0 Å². The zero-order valence-corrected chi connectivity index (χ0v) is 34.5. The lowest BCUT2D eigenvalue weighted by Gasteiger charge is -2.21. The van der Waals surface area contributed by atoms with Crippen LogP contribution in [0.2, 0.25) is 0 Å². The van der Waals surface area contributed by atoms with Gasteiger partial charge in [0.1, 0.15) is 0 Å². The summed E-state index contributed by atoms with van der Waals surface area (Å²) in [6.45, 7) is 25.0. The van der Waals surface area contributed by atoms with Crippen molar-refractivity contribution in [2.75, 3.05) is 0 Å². The Kier molecular flexibility index (Phi) is 8.80. The molecule has 0 N–H and O–H groups in total. The van der Waals surface area contributed by atoms with Gasteiger partial charge in [-0.2, -0.15) is 0 Å². The molecule has 2 aromatic heterocycles. The van der Waals surface area contributed by atoms with Crippen molar-refractivity contribution in [3.05, 3.63) is 167 Å². The van der Waals surface area contributed by atoms with Crippen molar-refractivity contribution < 1.29 is 9.35 Å². The Balaban J connectivity index is 1.49. The van der Waals surface area contributed by atoms with Crippen molar-refractivity contribution in [2.45, 2.75) is 87.0 Å². The predicted octanol–water partition coefficient (Wildman–Crippen LogP) is 13.2. The van der Waals surface area contributed by atoms with Crippen molar-refractivity contribution in [3.63, 3.8) is 0 Å². The summed E-state index contributed by atoms with van der Waals surface area (Å²) >= 11 is 0. The number of fused-ring (bicyclic) bond motifs is 6. The maximum absolute atomic E-state index is 2.46. The summed E-state index contributed by atoms with van der Waals surface area (Å²) < 4.78 is 4.75. The first-order chi connectivity index (χ1) is 26.1. The third-order valence-electron chi connectivity index (χ3n) is 11.7. The van der Waals surface area contributed by atoms with Crippen LogP contribution in [0.4, 0.5) is 0 Å². The van der Waals surface area contributed by atoms with Gasteiger partial charge in [0.25, 0.3) is 11.4 Å². The number of aromatic nitrogens is 2. The smallest absolute Gasteiger partial charge is 0.0616 e. The standard InChI is InChI=1S/C53H54N2/c1-33-26-36(4)51(37(5)27-33)38-22-24-54(55-25-23-40(53(9,10)11)31-50(55)45-30-39(52(6,7)8)21-20-34(45)2)49(29-38)46-32-48-44-19-15-13-17-42(44)41-16-12-14-18-43(41)47(48)28-35(46)3/h12-32H,1-11H3/q+2. The van der Waals surface area contributed by atoms with Gasteiger partial charge in [0.2, 0.25) is 12.4 Å². The number of pyridine rings is 2. The maximum Gasteiger partial charge on any atom is 0.285 e. The molecule has 8 aromatic rings. The van der Waals surface area contributed by atoms with E-state index in [2.05, 4.69) is 213 Å². The minimum absolute atomic E-state index is 0.0139. The second-order valence-corrected chi connectivity index (χ2v) is 17.9. The summed E-state index contributed by atoms with van der Waals surface area (Å²) in [6.07, 6.45) is 4.57. The van der Waals surface area contributed by atoms with Crippen molar-refractivity contribution in [1.29, 1.82) is 0 Å². The molecule has 2 heteroatoms. The largest absolute Gasteiger partial charge is 0.285 e. The van der Waals surface area contributed by atoms with E-state index in [0.717, 1.165) is 5.69 Å². The molecule has 8 rings (SSSR count). The minimum atomic E-state index is -0.0139. The van der Waals surface area contributed by atoms with E-state index in [1.807, 2.05) is 0 Å². The molecule has 0 unspecified atom stereocenters. The Hall–Kier alpha value is -5.60. The second-order valence-electron chi connectivity index (χ2n) is 17.9. The van der Waals surface area contributed by atoms with Gasteiger partial charge < -0.3 is 0 Å². The number of hydrogen-bond donors (Lipinski definition) is 0. The number of rotatable bonds is 4. The minimum Gasteiger partial charge on any atom is -0.0616 e. The summed E-state index contributed by atoms with van der Waals surface area (Å²) in [7, 11) is 0. The van der Waals surface area contributed by atoms with Crippen LogP contribution in [-0.2, 0) is 10.8 Å². The van der Waals surface area contributed by atoms with E-state index in [1.165, 1.54) is 99.2 Å². The van der Waals surface area contributed by atoms with Crippen LogP contribution in [0.1, 0.15) is 80.5 Å². The average molecular weight is 719 g/mol. The highest BCUT2D eigenvalue weighted by atomic mass is 15.4. The van der Waals surface area contributed by atoms with Gasteiger partial charge in [0.15, 0.2) is 0 Å². The van der Waals surface area contributed by atoms with E-state index in [-0.39, 0.29) is 10.8 Å². The lowest BCUT2D eigenvalue weighted by Crippen LogP contribution is -2.68. The first-order valence-corrected chi connectivity index (χ1v) is 19.8. The van der Waals surface area contributed by atoms with Gasteiger partial charge in [-0.25, -0.2) is 0 Å². The van der Waals surface area contributed by atoms with Crippen molar-refractivity contribution >= 4 is 32.3 Å². The molecular formula is C53H54N2+2. The lowest BCUT2D eigenvalue weighted by atomic mass is 9.83. The molecule has 0 saturated heterocycles. The average Bonchev–Trinajstić information content (AvgIpc) is 3.13. The Morgan fingerprint density at radius 2 is 0.855 bits per heavy atom. The monoisotopic (exact) mass is 718 g/mol. The molecule has 6 aromatic carbocycles. The van der Waals surface area contributed by atoms with Gasteiger partial charge in [-0.15, -0.1) is 0 Å². The van der Waals surface area contributed by atoms with Crippen LogP contribution in [0.3, 0.4) is 0 Å². The van der Waals surface area contributed by atoms with E-state index in [0.29, 0.717) is 0 Å². The number of aryl methyl sites for hydroxylation is 5. The van der Waals surface area contributed by atoms with Gasteiger partial charge in [0.05, 0.1) is 20.5 Å². The molecule has 0 spiro atoms. The molecular weight excluding hydrogens is 665 g/mol. The zero-order chi connectivity index (χ0) is 39.0. The molecule has 55 heavy (non-hydrogen) atoms. The van der Waals surface area contributed by atoms with Crippen LogP contribution >= 0.6 is 0 Å². The fraction of sp³-hybridized carbons (Fsp3) is 0.245. The lowest BCUT2D eigenvalue weighted by molar-refractivity contribution is -1.29. The van der Waals surface area contributed by atoms with Crippen LogP contribution in [0.5, 0.6) is 0 Å². The molecule has 0 radical (unpaired) electrons. The molecule has 0 aliphatic carbocycles. The fourth-order valence-electron chi connectivity index (χ4n) is 8.72. The Morgan fingerprint density at radius 3 is 1.42 bits per heavy atom. The first kappa shape index (κ1) is 36.4. The normalized spacial score (nSPS) is 12.3.